The van der Waals surface area contributed by atoms with Gasteiger partial charge in [0.15, 0.2) is 6.29 Å². The third kappa shape index (κ3) is 1.21. The highest BCUT2D eigenvalue weighted by atomic mass is 32.1. The Labute approximate surface area is 79.8 Å². The molecule has 1 aromatic carbocycles. The van der Waals surface area contributed by atoms with Crippen molar-refractivity contribution in [2.75, 3.05) is 7.11 Å². The van der Waals surface area contributed by atoms with E-state index in [1.165, 1.54) is 11.3 Å². The van der Waals surface area contributed by atoms with Gasteiger partial charge in [-0.2, -0.15) is 0 Å². The molecule has 2 aromatic rings. The summed E-state index contributed by atoms with van der Waals surface area (Å²) in [5.41, 5.74) is 0.735. The van der Waals surface area contributed by atoms with Crippen LogP contribution < -0.4 is 4.74 Å². The number of ether oxygens (including phenoxy) is 1. The molecule has 1 heterocycles. The number of fused-ring (bicyclic) bond motifs is 1. The van der Waals surface area contributed by atoms with Gasteiger partial charge in [0.1, 0.15) is 5.75 Å². The number of carbonyl (C=O) groups excluding carboxylic acids is 1. The van der Waals surface area contributed by atoms with Gasteiger partial charge < -0.3 is 4.74 Å². The molecule has 0 aliphatic rings. The molecule has 66 valence electrons. The summed E-state index contributed by atoms with van der Waals surface area (Å²) in [6.45, 7) is 0. The monoisotopic (exact) mass is 192 g/mol. The molecule has 0 atom stereocenters. The molecule has 3 heteroatoms. The van der Waals surface area contributed by atoms with E-state index in [4.69, 9.17) is 4.74 Å². The minimum absolute atomic E-state index is 0.735. The molecule has 0 aliphatic heterocycles. The molecule has 0 radical (unpaired) electrons. The Morgan fingerprint density at radius 2 is 2.31 bits per heavy atom. The first-order valence-electron chi connectivity index (χ1n) is 3.86. The van der Waals surface area contributed by atoms with Gasteiger partial charge in [-0.25, -0.2) is 0 Å². The van der Waals surface area contributed by atoms with E-state index in [0.29, 0.717) is 0 Å². The van der Waals surface area contributed by atoms with Crippen LogP contribution in [0.2, 0.25) is 0 Å². The van der Waals surface area contributed by atoms with Crippen LogP contribution in [0.3, 0.4) is 0 Å². The molecule has 1 aromatic heterocycles. The number of carbonyl (C=O) groups is 1. The first kappa shape index (κ1) is 8.26. The molecule has 0 fully saturated rings. The maximum absolute atomic E-state index is 10.6. The largest absolute Gasteiger partial charge is 0.495 e. The molecular weight excluding hydrogens is 184 g/mol. The summed E-state index contributed by atoms with van der Waals surface area (Å²) in [7, 11) is 1.63. The van der Waals surface area contributed by atoms with Gasteiger partial charge in [0.05, 0.1) is 11.8 Å². The van der Waals surface area contributed by atoms with E-state index in [1.807, 2.05) is 23.6 Å². The summed E-state index contributed by atoms with van der Waals surface area (Å²) in [6.07, 6.45) is 0.873. The number of rotatable bonds is 2. The molecular formula is C10H8O2S. The predicted octanol–water partition coefficient (Wildman–Crippen LogP) is 2.72. The lowest BCUT2D eigenvalue weighted by Crippen LogP contribution is -1.82. The zero-order chi connectivity index (χ0) is 9.26. The standard InChI is InChI=1S/C10H8O2S/c1-12-9-4-2-3-8-7(5-11)6-13-10(8)9/h2-6H,1H3. The lowest BCUT2D eigenvalue weighted by Gasteiger charge is -1.99. The van der Waals surface area contributed by atoms with Gasteiger partial charge in [-0.3, -0.25) is 4.79 Å². The molecule has 0 saturated heterocycles. The zero-order valence-corrected chi connectivity index (χ0v) is 7.93. The molecule has 0 bridgehead atoms. The van der Waals surface area contributed by atoms with Crippen molar-refractivity contribution < 1.29 is 9.53 Å². The predicted molar refractivity (Wildman–Crippen MR) is 53.8 cm³/mol. The van der Waals surface area contributed by atoms with Crippen molar-refractivity contribution in [3.63, 3.8) is 0 Å². The normalized spacial score (nSPS) is 10.2. The van der Waals surface area contributed by atoms with E-state index in [-0.39, 0.29) is 0 Å². The van der Waals surface area contributed by atoms with Gasteiger partial charge in [0.2, 0.25) is 0 Å². The fourth-order valence-electron chi connectivity index (χ4n) is 1.30. The van der Waals surface area contributed by atoms with E-state index in [1.54, 1.807) is 7.11 Å². The van der Waals surface area contributed by atoms with E-state index in [9.17, 15) is 4.79 Å². The second-order valence-corrected chi connectivity index (χ2v) is 3.53. The summed E-state index contributed by atoms with van der Waals surface area (Å²) < 4.78 is 6.21. The molecule has 0 saturated carbocycles. The van der Waals surface area contributed by atoms with Crippen molar-refractivity contribution in [3.05, 3.63) is 29.1 Å². The van der Waals surface area contributed by atoms with Crippen LogP contribution >= 0.6 is 11.3 Å². The fraction of sp³-hybridized carbons (Fsp3) is 0.100. The van der Waals surface area contributed by atoms with Crippen molar-refractivity contribution in [1.29, 1.82) is 0 Å². The number of methoxy groups -OCH3 is 1. The quantitative estimate of drug-likeness (QED) is 0.684. The molecule has 0 spiro atoms. The van der Waals surface area contributed by atoms with Crippen molar-refractivity contribution in [2.45, 2.75) is 0 Å². The Morgan fingerprint density at radius 3 is 3.00 bits per heavy atom. The van der Waals surface area contributed by atoms with Crippen molar-refractivity contribution >= 4 is 27.7 Å². The minimum atomic E-state index is 0.735. The summed E-state index contributed by atoms with van der Waals surface area (Å²) in [5, 5.41) is 2.82. The second-order valence-electron chi connectivity index (χ2n) is 2.65. The van der Waals surface area contributed by atoms with Gasteiger partial charge in [0, 0.05) is 16.3 Å². The number of benzene rings is 1. The molecule has 0 N–H and O–H groups in total. The van der Waals surface area contributed by atoms with Crippen molar-refractivity contribution in [1.82, 2.24) is 0 Å². The smallest absolute Gasteiger partial charge is 0.151 e. The van der Waals surface area contributed by atoms with Gasteiger partial charge in [-0.15, -0.1) is 11.3 Å². The molecule has 13 heavy (non-hydrogen) atoms. The number of hydrogen-bond acceptors (Lipinski definition) is 3. The topological polar surface area (TPSA) is 26.3 Å². The van der Waals surface area contributed by atoms with E-state index in [0.717, 1.165) is 27.7 Å². The van der Waals surface area contributed by atoms with Gasteiger partial charge in [0.25, 0.3) is 0 Å². The minimum Gasteiger partial charge on any atom is -0.495 e. The van der Waals surface area contributed by atoms with Crippen LogP contribution in [0.25, 0.3) is 10.1 Å². The Bertz CT molecular complexity index is 445. The van der Waals surface area contributed by atoms with E-state index in [2.05, 4.69) is 0 Å². The van der Waals surface area contributed by atoms with Crippen LogP contribution in [0.5, 0.6) is 5.75 Å². The first-order chi connectivity index (χ1) is 6.36. The van der Waals surface area contributed by atoms with Crippen LogP contribution in [-0.2, 0) is 0 Å². The highest BCUT2D eigenvalue weighted by Crippen LogP contribution is 2.32. The van der Waals surface area contributed by atoms with Crippen molar-refractivity contribution in [2.24, 2.45) is 0 Å². The van der Waals surface area contributed by atoms with Crippen LogP contribution in [-0.4, -0.2) is 13.4 Å². The Morgan fingerprint density at radius 1 is 1.46 bits per heavy atom. The fourth-order valence-corrected chi connectivity index (χ4v) is 2.31. The summed E-state index contributed by atoms with van der Waals surface area (Å²) in [6, 6.07) is 5.71. The SMILES string of the molecule is COc1cccc2c(C=O)csc12. The van der Waals surface area contributed by atoms with Gasteiger partial charge >= 0.3 is 0 Å². The summed E-state index contributed by atoms with van der Waals surface area (Å²) >= 11 is 1.53. The van der Waals surface area contributed by atoms with E-state index >= 15 is 0 Å². The number of thiophene rings is 1. The second kappa shape index (κ2) is 3.18. The van der Waals surface area contributed by atoms with Crippen molar-refractivity contribution in [3.8, 4) is 5.75 Å². The Kier molecular flexibility index (Phi) is 2.02. The maximum atomic E-state index is 10.6. The molecule has 0 amide bonds. The Hall–Kier alpha value is -1.35. The average Bonchev–Trinajstić information content (AvgIpc) is 2.60. The molecule has 0 unspecified atom stereocenters. The maximum Gasteiger partial charge on any atom is 0.151 e. The highest BCUT2D eigenvalue weighted by molar-refractivity contribution is 7.18. The van der Waals surface area contributed by atoms with Gasteiger partial charge in [-0.1, -0.05) is 12.1 Å². The number of aldehydes is 1. The highest BCUT2D eigenvalue weighted by Gasteiger charge is 2.06. The molecule has 2 rings (SSSR count). The number of hydrogen-bond donors (Lipinski definition) is 0. The molecule has 2 nitrogen and oxygen atoms in total. The third-order valence-electron chi connectivity index (χ3n) is 1.94. The Balaban J connectivity index is 2.79. The van der Waals surface area contributed by atoms with E-state index < -0.39 is 0 Å². The molecule has 0 aliphatic carbocycles. The van der Waals surface area contributed by atoms with Crippen LogP contribution in [0, 0.1) is 0 Å². The first-order valence-corrected chi connectivity index (χ1v) is 4.74. The zero-order valence-electron chi connectivity index (χ0n) is 7.11. The van der Waals surface area contributed by atoms with Crippen LogP contribution in [0.15, 0.2) is 23.6 Å². The summed E-state index contributed by atoms with van der Waals surface area (Å²) in [4.78, 5) is 10.6. The van der Waals surface area contributed by atoms with Crippen LogP contribution in [0.4, 0.5) is 0 Å². The van der Waals surface area contributed by atoms with Crippen LogP contribution in [0.1, 0.15) is 10.4 Å². The lowest BCUT2D eigenvalue weighted by molar-refractivity contribution is 0.112. The summed E-state index contributed by atoms with van der Waals surface area (Å²) in [5.74, 6) is 0.829. The third-order valence-corrected chi connectivity index (χ3v) is 2.97. The average molecular weight is 192 g/mol. The van der Waals surface area contributed by atoms with Gasteiger partial charge in [-0.05, 0) is 6.07 Å². The lowest BCUT2D eigenvalue weighted by atomic mass is 10.2.